The summed E-state index contributed by atoms with van der Waals surface area (Å²) in [7, 11) is 0. The first-order chi connectivity index (χ1) is 8.50. The molecule has 0 aromatic heterocycles. The number of alkyl halides is 2. The highest BCUT2D eigenvalue weighted by molar-refractivity contribution is 5.80. The summed E-state index contributed by atoms with van der Waals surface area (Å²) in [6, 6.07) is 0. The minimum atomic E-state index is -2.51. The van der Waals surface area contributed by atoms with Crippen LogP contribution in [0.1, 0.15) is 19.3 Å². The molecule has 0 spiro atoms. The Hall–Kier alpha value is -1.24. The Morgan fingerprint density at radius 3 is 2.56 bits per heavy atom. The maximum Gasteiger partial charge on any atom is 0.306 e. The van der Waals surface area contributed by atoms with Gasteiger partial charge in [-0.15, -0.1) is 0 Å². The molecular formula is C11H17F2NO4. The van der Waals surface area contributed by atoms with Gasteiger partial charge in [-0.3, -0.25) is 9.59 Å². The third-order valence-electron chi connectivity index (χ3n) is 2.94. The molecule has 0 heterocycles. The van der Waals surface area contributed by atoms with Crippen LogP contribution in [-0.4, -0.2) is 43.2 Å². The minimum Gasteiger partial charge on any atom is -0.481 e. The highest BCUT2D eigenvalue weighted by atomic mass is 19.3. The third-order valence-corrected chi connectivity index (χ3v) is 2.94. The first-order valence-electron chi connectivity index (χ1n) is 5.87. The SMILES string of the molecule is O=C(O)[C@H]1CC[C@@H](C(=O)NCCOCC(F)F)C1. The van der Waals surface area contributed by atoms with Crippen molar-refractivity contribution in [3.63, 3.8) is 0 Å². The van der Waals surface area contributed by atoms with Crippen molar-refractivity contribution in [1.82, 2.24) is 5.32 Å². The number of carboxylic acids is 1. The van der Waals surface area contributed by atoms with E-state index in [-0.39, 0.29) is 25.0 Å². The first kappa shape index (κ1) is 14.8. The fraction of sp³-hybridized carbons (Fsp3) is 0.818. The van der Waals surface area contributed by atoms with E-state index in [1.54, 1.807) is 0 Å². The molecule has 1 fully saturated rings. The molecule has 0 saturated heterocycles. The first-order valence-corrected chi connectivity index (χ1v) is 5.87. The predicted octanol–water partition coefficient (Wildman–Crippen LogP) is 0.885. The fourth-order valence-electron chi connectivity index (χ4n) is 2.01. The van der Waals surface area contributed by atoms with Gasteiger partial charge in [-0.05, 0) is 19.3 Å². The van der Waals surface area contributed by atoms with Gasteiger partial charge in [0, 0.05) is 12.5 Å². The van der Waals surface area contributed by atoms with Crippen LogP contribution in [0.2, 0.25) is 0 Å². The smallest absolute Gasteiger partial charge is 0.306 e. The lowest BCUT2D eigenvalue weighted by atomic mass is 10.0. The van der Waals surface area contributed by atoms with Gasteiger partial charge in [0.05, 0.1) is 12.5 Å². The van der Waals surface area contributed by atoms with Gasteiger partial charge in [0.15, 0.2) is 0 Å². The topological polar surface area (TPSA) is 75.6 Å². The lowest BCUT2D eigenvalue weighted by Crippen LogP contribution is -2.32. The maximum atomic E-state index is 11.7. The van der Waals surface area contributed by atoms with Gasteiger partial charge in [-0.25, -0.2) is 8.78 Å². The Labute approximate surface area is 103 Å². The molecule has 1 rings (SSSR count). The third kappa shape index (κ3) is 4.95. The number of hydrogen-bond acceptors (Lipinski definition) is 3. The molecule has 0 aromatic rings. The van der Waals surface area contributed by atoms with Crippen LogP contribution in [0.15, 0.2) is 0 Å². The molecule has 0 aromatic carbocycles. The van der Waals surface area contributed by atoms with Gasteiger partial charge < -0.3 is 15.2 Å². The molecule has 5 nitrogen and oxygen atoms in total. The van der Waals surface area contributed by atoms with E-state index in [1.807, 2.05) is 0 Å². The number of carbonyl (C=O) groups excluding carboxylic acids is 1. The number of carboxylic acid groups (broad SMARTS) is 1. The van der Waals surface area contributed by atoms with E-state index < -0.39 is 24.9 Å². The van der Waals surface area contributed by atoms with Crippen molar-refractivity contribution >= 4 is 11.9 Å². The largest absolute Gasteiger partial charge is 0.481 e. The number of carbonyl (C=O) groups is 2. The van der Waals surface area contributed by atoms with Gasteiger partial charge in [0.25, 0.3) is 6.43 Å². The molecule has 0 aliphatic heterocycles. The molecule has 1 aliphatic rings. The Balaban J connectivity index is 2.12. The number of rotatable bonds is 7. The van der Waals surface area contributed by atoms with Gasteiger partial charge in [-0.2, -0.15) is 0 Å². The van der Waals surface area contributed by atoms with Gasteiger partial charge in [0.2, 0.25) is 5.91 Å². The van der Waals surface area contributed by atoms with Crippen LogP contribution >= 0.6 is 0 Å². The highest BCUT2D eigenvalue weighted by Crippen LogP contribution is 2.30. The standard InChI is InChI=1S/C11H17F2NO4/c12-9(13)6-18-4-3-14-10(15)7-1-2-8(5-7)11(16)17/h7-9H,1-6H2,(H,14,15)(H,16,17)/t7-,8+/m1/s1. The molecule has 0 unspecified atom stereocenters. The average molecular weight is 265 g/mol. The van der Waals surface area contributed by atoms with Crippen molar-refractivity contribution in [3.8, 4) is 0 Å². The summed E-state index contributed by atoms with van der Waals surface area (Å²) in [4.78, 5) is 22.3. The average Bonchev–Trinajstić information content (AvgIpc) is 2.77. The molecule has 104 valence electrons. The van der Waals surface area contributed by atoms with Crippen molar-refractivity contribution in [2.45, 2.75) is 25.7 Å². The minimum absolute atomic E-state index is 0.0329. The van der Waals surface area contributed by atoms with Crippen LogP contribution in [0.25, 0.3) is 0 Å². The second-order valence-corrected chi connectivity index (χ2v) is 4.30. The molecule has 18 heavy (non-hydrogen) atoms. The van der Waals surface area contributed by atoms with Crippen LogP contribution < -0.4 is 5.32 Å². The van der Waals surface area contributed by atoms with Gasteiger partial charge >= 0.3 is 5.97 Å². The summed E-state index contributed by atoms with van der Waals surface area (Å²) in [5.74, 6) is -1.83. The van der Waals surface area contributed by atoms with Crippen molar-refractivity contribution in [3.05, 3.63) is 0 Å². The molecule has 1 amide bonds. The number of aliphatic carboxylic acids is 1. The van der Waals surface area contributed by atoms with E-state index in [9.17, 15) is 18.4 Å². The summed E-state index contributed by atoms with van der Waals surface area (Å²) >= 11 is 0. The Morgan fingerprint density at radius 1 is 1.33 bits per heavy atom. The maximum absolute atomic E-state index is 11.7. The lowest BCUT2D eigenvalue weighted by Gasteiger charge is -2.10. The Kier molecular flexibility index (Phi) is 5.97. The fourth-order valence-corrected chi connectivity index (χ4v) is 2.01. The van der Waals surface area contributed by atoms with E-state index in [2.05, 4.69) is 10.1 Å². The van der Waals surface area contributed by atoms with Crippen molar-refractivity contribution in [1.29, 1.82) is 0 Å². The number of halogens is 2. The zero-order valence-electron chi connectivity index (χ0n) is 9.90. The van der Waals surface area contributed by atoms with Crippen LogP contribution in [0.5, 0.6) is 0 Å². The number of hydrogen-bond donors (Lipinski definition) is 2. The summed E-state index contributed by atoms with van der Waals surface area (Å²) in [6.45, 7) is -0.439. The number of nitrogens with one attached hydrogen (secondary N) is 1. The normalized spacial score (nSPS) is 23.3. The summed E-state index contributed by atoms with van der Waals surface area (Å²) in [5, 5.41) is 11.3. The second-order valence-electron chi connectivity index (χ2n) is 4.30. The van der Waals surface area contributed by atoms with E-state index in [4.69, 9.17) is 5.11 Å². The van der Waals surface area contributed by atoms with E-state index in [1.165, 1.54) is 0 Å². The summed E-state index contributed by atoms with van der Waals surface area (Å²) in [5.41, 5.74) is 0. The molecule has 1 saturated carbocycles. The van der Waals surface area contributed by atoms with Gasteiger partial charge in [0.1, 0.15) is 6.61 Å². The molecule has 7 heteroatoms. The summed E-state index contributed by atoms with van der Waals surface area (Å²) in [6.07, 6.45) is -1.10. The molecule has 2 atom stereocenters. The molecule has 0 radical (unpaired) electrons. The Morgan fingerprint density at radius 2 is 2.00 bits per heavy atom. The van der Waals surface area contributed by atoms with Gasteiger partial charge in [-0.1, -0.05) is 0 Å². The summed E-state index contributed by atoms with van der Waals surface area (Å²) < 4.78 is 28.0. The molecular weight excluding hydrogens is 248 g/mol. The Bertz CT molecular complexity index is 299. The number of amides is 1. The molecule has 0 bridgehead atoms. The lowest BCUT2D eigenvalue weighted by molar-refractivity contribution is -0.141. The quantitative estimate of drug-likeness (QED) is 0.670. The second kappa shape index (κ2) is 7.25. The molecule has 1 aliphatic carbocycles. The zero-order chi connectivity index (χ0) is 13.5. The van der Waals surface area contributed by atoms with Crippen molar-refractivity contribution in [2.75, 3.05) is 19.8 Å². The van der Waals surface area contributed by atoms with E-state index in [0.717, 1.165) is 0 Å². The van der Waals surface area contributed by atoms with Crippen LogP contribution in [0.3, 0.4) is 0 Å². The monoisotopic (exact) mass is 265 g/mol. The van der Waals surface area contributed by atoms with Crippen molar-refractivity contribution < 1.29 is 28.2 Å². The van der Waals surface area contributed by atoms with Crippen LogP contribution in [-0.2, 0) is 14.3 Å². The van der Waals surface area contributed by atoms with Crippen LogP contribution in [0, 0.1) is 11.8 Å². The molecule has 2 N–H and O–H groups in total. The van der Waals surface area contributed by atoms with Crippen molar-refractivity contribution in [2.24, 2.45) is 11.8 Å². The highest BCUT2D eigenvalue weighted by Gasteiger charge is 2.33. The predicted molar refractivity (Wildman–Crippen MR) is 58.3 cm³/mol. The van der Waals surface area contributed by atoms with Crippen LogP contribution in [0.4, 0.5) is 8.78 Å². The van der Waals surface area contributed by atoms with E-state index in [0.29, 0.717) is 19.3 Å². The number of ether oxygens (including phenoxy) is 1. The zero-order valence-corrected chi connectivity index (χ0v) is 9.90. The van der Waals surface area contributed by atoms with E-state index >= 15 is 0 Å².